The lowest BCUT2D eigenvalue weighted by Gasteiger charge is -2.26. The van der Waals surface area contributed by atoms with E-state index in [2.05, 4.69) is 13.0 Å². The standard InChI is InChI=1S/C27H34O6/c1-3-10-19-12-6-7-13-23(19)31-16-8-5-9-17-32-24-15-14-20-22(28)18-25(27(29)30)33-26(20)21(24)11-4-2/h6-7,12-15,25H,3-5,8-11,16-18H2,1-2H3,(H,29,30). The Balaban J connectivity index is 1.51. The smallest absolute Gasteiger partial charge is 0.345 e. The molecule has 0 spiro atoms. The number of hydrogen-bond donors (Lipinski definition) is 1. The average molecular weight is 455 g/mol. The molecule has 0 aliphatic carbocycles. The van der Waals surface area contributed by atoms with Crippen LogP contribution in [0.4, 0.5) is 0 Å². The van der Waals surface area contributed by atoms with Crippen LogP contribution in [0.1, 0.15) is 73.9 Å². The maximum absolute atomic E-state index is 12.4. The quantitative estimate of drug-likeness (QED) is 0.395. The zero-order valence-corrected chi connectivity index (χ0v) is 19.6. The van der Waals surface area contributed by atoms with Crippen molar-refractivity contribution in [2.75, 3.05) is 13.2 Å². The lowest BCUT2D eigenvalue weighted by Crippen LogP contribution is -2.34. The second-order valence-electron chi connectivity index (χ2n) is 8.36. The summed E-state index contributed by atoms with van der Waals surface area (Å²) in [5, 5.41) is 9.31. The number of benzene rings is 2. The predicted molar refractivity (Wildman–Crippen MR) is 127 cm³/mol. The summed E-state index contributed by atoms with van der Waals surface area (Å²) in [6.45, 7) is 5.41. The largest absolute Gasteiger partial charge is 0.493 e. The minimum atomic E-state index is -1.14. The number of Topliss-reactive ketones (excluding diaryl/α,β-unsaturated/α-hetero) is 1. The van der Waals surface area contributed by atoms with Gasteiger partial charge in [-0.1, -0.05) is 44.9 Å². The van der Waals surface area contributed by atoms with Crippen LogP contribution in [-0.4, -0.2) is 36.2 Å². The van der Waals surface area contributed by atoms with Crippen LogP contribution in [0.2, 0.25) is 0 Å². The van der Waals surface area contributed by atoms with Crippen molar-refractivity contribution in [3.05, 3.63) is 53.1 Å². The number of para-hydroxylation sites is 1. The van der Waals surface area contributed by atoms with Crippen molar-refractivity contribution in [3.63, 3.8) is 0 Å². The third-order valence-corrected chi connectivity index (χ3v) is 5.72. The molecule has 178 valence electrons. The minimum Gasteiger partial charge on any atom is -0.493 e. The summed E-state index contributed by atoms with van der Waals surface area (Å²) < 4.78 is 17.7. The minimum absolute atomic E-state index is 0.140. The van der Waals surface area contributed by atoms with Gasteiger partial charge in [-0.2, -0.15) is 0 Å². The van der Waals surface area contributed by atoms with Crippen LogP contribution in [0, 0.1) is 0 Å². The molecule has 0 saturated carbocycles. The van der Waals surface area contributed by atoms with E-state index in [0.29, 0.717) is 36.7 Å². The van der Waals surface area contributed by atoms with Gasteiger partial charge in [0.15, 0.2) is 5.78 Å². The fraction of sp³-hybridized carbons (Fsp3) is 0.481. The molecule has 6 heteroatoms. The number of carbonyl (C=O) groups is 2. The molecular weight excluding hydrogens is 420 g/mol. The van der Waals surface area contributed by atoms with Crippen molar-refractivity contribution < 1.29 is 28.9 Å². The Kier molecular flexibility index (Phi) is 9.16. The zero-order chi connectivity index (χ0) is 23.6. The fourth-order valence-corrected chi connectivity index (χ4v) is 4.05. The SMILES string of the molecule is CCCc1ccccc1OCCCCCOc1ccc2c(c1CCC)OC(C(=O)O)CC2=O. The van der Waals surface area contributed by atoms with Crippen LogP contribution >= 0.6 is 0 Å². The molecule has 0 aromatic heterocycles. The van der Waals surface area contributed by atoms with Gasteiger partial charge in [0, 0.05) is 5.56 Å². The molecule has 1 aliphatic heterocycles. The van der Waals surface area contributed by atoms with Gasteiger partial charge in [-0.3, -0.25) is 4.79 Å². The van der Waals surface area contributed by atoms with Gasteiger partial charge < -0.3 is 19.3 Å². The molecule has 1 heterocycles. The number of hydrogen-bond acceptors (Lipinski definition) is 5. The molecule has 3 rings (SSSR count). The summed E-state index contributed by atoms with van der Waals surface area (Å²) in [4.78, 5) is 23.8. The molecule has 0 bridgehead atoms. The normalized spacial score (nSPS) is 15.0. The fourth-order valence-electron chi connectivity index (χ4n) is 4.05. The molecule has 33 heavy (non-hydrogen) atoms. The van der Waals surface area contributed by atoms with E-state index in [4.69, 9.17) is 14.2 Å². The van der Waals surface area contributed by atoms with E-state index in [1.807, 2.05) is 25.1 Å². The van der Waals surface area contributed by atoms with Crippen molar-refractivity contribution in [1.29, 1.82) is 0 Å². The van der Waals surface area contributed by atoms with Crippen molar-refractivity contribution in [3.8, 4) is 17.2 Å². The third-order valence-electron chi connectivity index (χ3n) is 5.72. The second-order valence-corrected chi connectivity index (χ2v) is 8.36. The van der Waals surface area contributed by atoms with Crippen molar-refractivity contribution in [1.82, 2.24) is 0 Å². The Labute approximate surface area is 195 Å². The van der Waals surface area contributed by atoms with Gasteiger partial charge in [-0.05, 0) is 55.9 Å². The van der Waals surface area contributed by atoms with Gasteiger partial charge >= 0.3 is 5.97 Å². The van der Waals surface area contributed by atoms with E-state index < -0.39 is 12.1 Å². The molecule has 1 unspecified atom stereocenters. The van der Waals surface area contributed by atoms with Crippen LogP contribution in [0.3, 0.4) is 0 Å². The first-order valence-electron chi connectivity index (χ1n) is 12.0. The lowest BCUT2D eigenvalue weighted by molar-refractivity contribution is -0.145. The zero-order valence-electron chi connectivity index (χ0n) is 19.6. The summed E-state index contributed by atoms with van der Waals surface area (Å²) in [7, 11) is 0. The number of aliphatic carboxylic acids is 1. The molecule has 1 N–H and O–H groups in total. The van der Waals surface area contributed by atoms with Crippen LogP contribution in [-0.2, 0) is 17.6 Å². The highest BCUT2D eigenvalue weighted by molar-refractivity contribution is 6.03. The molecule has 0 radical (unpaired) electrons. The number of fused-ring (bicyclic) bond motifs is 1. The number of ketones is 1. The molecule has 6 nitrogen and oxygen atoms in total. The Morgan fingerprint density at radius 3 is 2.36 bits per heavy atom. The van der Waals surface area contributed by atoms with Crippen LogP contribution < -0.4 is 14.2 Å². The summed E-state index contributed by atoms with van der Waals surface area (Å²) in [6, 6.07) is 11.7. The van der Waals surface area contributed by atoms with Crippen molar-refractivity contribution in [2.45, 2.75) is 71.3 Å². The van der Waals surface area contributed by atoms with Crippen molar-refractivity contribution in [2.24, 2.45) is 0 Å². The number of rotatable bonds is 13. The Morgan fingerprint density at radius 1 is 0.970 bits per heavy atom. The van der Waals surface area contributed by atoms with Crippen LogP contribution in [0.25, 0.3) is 0 Å². The maximum Gasteiger partial charge on any atom is 0.345 e. The number of carbonyl (C=O) groups excluding carboxylic acids is 1. The Morgan fingerprint density at radius 2 is 1.67 bits per heavy atom. The number of carboxylic acid groups (broad SMARTS) is 1. The molecule has 1 atom stereocenters. The number of carboxylic acids is 1. The average Bonchev–Trinajstić information content (AvgIpc) is 2.80. The number of aryl methyl sites for hydroxylation is 1. The highest BCUT2D eigenvalue weighted by atomic mass is 16.5. The van der Waals surface area contributed by atoms with Gasteiger partial charge in [0.1, 0.15) is 17.2 Å². The van der Waals surface area contributed by atoms with E-state index >= 15 is 0 Å². The van der Waals surface area contributed by atoms with Crippen LogP contribution in [0.15, 0.2) is 36.4 Å². The van der Waals surface area contributed by atoms with Crippen LogP contribution in [0.5, 0.6) is 17.2 Å². The monoisotopic (exact) mass is 454 g/mol. The first kappa shape index (κ1) is 24.6. The first-order chi connectivity index (χ1) is 16.0. The summed E-state index contributed by atoms with van der Waals surface area (Å²) in [5.74, 6) is 0.690. The molecule has 1 aliphatic rings. The number of ether oxygens (including phenoxy) is 3. The predicted octanol–water partition coefficient (Wildman–Crippen LogP) is 5.64. The molecule has 0 fully saturated rings. The van der Waals surface area contributed by atoms with E-state index in [1.165, 1.54) is 5.56 Å². The van der Waals surface area contributed by atoms with E-state index in [0.717, 1.165) is 49.8 Å². The topological polar surface area (TPSA) is 82.1 Å². The van der Waals surface area contributed by atoms with Gasteiger partial charge in [0.05, 0.1) is 25.2 Å². The Hall–Kier alpha value is -3.02. The summed E-state index contributed by atoms with van der Waals surface area (Å²) in [5.41, 5.74) is 2.49. The van der Waals surface area contributed by atoms with Gasteiger partial charge in [0.25, 0.3) is 0 Å². The highest BCUT2D eigenvalue weighted by Crippen LogP contribution is 2.38. The lowest BCUT2D eigenvalue weighted by atomic mass is 9.95. The second kappa shape index (κ2) is 12.3. The van der Waals surface area contributed by atoms with E-state index in [1.54, 1.807) is 12.1 Å². The van der Waals surface area contributed by atoms with Gasteiger partial charge in [-0.25, -0.2) is 4.79 Å². The number of unbranched alkanes of at least 4 members (excludes halogenated alkanes) is 2. The molecule has 0 saturated heterocycles. The molecule has 2 aromatic rings. The molecule has 2 aromatic carbocycles. The van der Waals surface area contributed by atoms with E-state index in [9.17, 15) is 14.7 Å². The van der Waals surface area contributed by atoms with Gasteiger partial charge in [-0.15, -0.1) is 0 Å². The highest BCUT2D eigenvalue weighted by Gasteiger charge is 2.33. The molecule has 0 amide bonds. The van der Waals surface area contributed by atoms with Crippen molar-refractivity contribution >= 4 is 11.8 Å². The first-order valence-corrected chi connectivity index (χ1v) is 12.0. The molecular formula is C27H34O6. The van der Waals surface area contributed by atoms with E-state index in [-0.39, 0.29) is 12.2 Å². The Bertz CT molecular complexity index is 952. The maximum atomic E-state index is 12.4. The van der Waals surface area contributed by atoms with Gasteiger partial charge in [0.2, 0.25) is 6.10 Å². The summed E-state index contributed by atoms with van der Waals surface area (Å²) in [6.07, 6.45) is 5.11. The third kappa shape index (κ3) is 6.50. The summed E-state index contributed by atoms with van der Waals surface area (Å²) >= 11 is 0.